The van der Waals surface area contributed by atoms with Gasteiger partial charge in [0.2, 0.25) is 0 Å². The number of nitrogens with zero attached hydrogens (tertiary/aromatic N) is 1. The van der Waals surface area contributed by atoms with E-state index in [9.17, 15) is 9.59 Å². The highest BCUT2D eigenvalue weighted by atomic mass is 32.1. The van der Waals surface area contributed by atoms with Gasteiger partial charge in [0, 0.05) is 42.9 Å². The van der Waals surface area contributed by atoms with Crippen molar-refractivity contribution < 1.29 is 23.4 Å². The molecule has 0 aliphatic carbocycles. The molecule has 1 aliphatic rings. The molecule has 3 heterocycles. The van der Waals surface area contributed by atoms with Gasteiger partial charge < -0.3 is 18.6 Å². The predicted octanol–water partition coefficient (Wildman–Crippen LogP) is 3.68. The summed E-state index contributed by atoms with van der Waals surface area (Å²) in [5.74, 6) is 0.434. The van der Waals surface area contributed by atoms with E-state index in [0.29, 0.717) is 37.6 Å². The van der Waals surface area contributed by atoms with Crippen molar-refractivity contribution in [1.82, 2.24) is 4.90 Å². The van der Waals surface area contributed by atoms with Gasteiger partial charge in [-0.1, -0.05) is 6.07 Å². The number of rotatable bonds is 9. The Balaban J connectivity index is 1.59. The number of benzene rings is 1. The van der Waals surface area contributed by atoms with E-state index in [4.69, 9.17) is 18.6 Å². The van der Waals surface area contributed by atoms with E-state index >= 15 is 0 Å². The van der Waals surface area contributed by atoms with Crippen molar-refractivity contribution in [1.29, 1.82) is 0 Å². The van der Waals surface area contributed by atoms with Gasteiger partial charge in [-0.25, -0.2) is 4.79 Å². The first-order chi connectivity index (χ1) is 15.5. The molecule has 0 saturated carbocycles. The SMILES string of the molecule is COCCOC(=O)CCc1cc2c(C)cc(=O)oc2c2c1OCN(CCc1cccs1)C2. The monoisotopic (exact) mass is 457 g/mol. The van der Waals surface area contributed by atoms with E-state index < -0.39 is 0 Å². The largest absolute Gasteiger partial charge is 0.477 e. The molecule has 3 aromatic rings. The van der Waals surface area contributed by atoms with Gasteiger partial charge in [-0.05, 0) is 48.4 Å². The van der Waals surface area contributed by atoms with E-state index in [2.05, 4.69) is 22.4 Å². The number of methoxy groups -OCH3 is 1. The van der Waals surface area contributed by atoms with Crippen LogP contribution in [0.4, 0.5) is 0 Å². The van der Waals surface area contributed by atoms with Gasteiger partial charge in [-0.15, -0.1) is 11.3 Å². The third kappa shape index (κ3) is 5.20. The van der Waals surface area contributed by atoms with Crippen molar-refractivity contribution in [2.24, 2.45) is 0 Å². The number of hydrogen-bond acceptors (Lipinski definition) is 8. The molecule has 0 saturated heterocycles. The lowest BCUT2D eigenvalue weighted by Crippen LogP contribution is -2.34. The highest BCUT2D eigenvalue weighted by Crippen LogP contribution is 2.37. The van der Waals surface area contributed by atoms with Gasteiger partial charge in [0.15, 0.2) is 0 Å². The van der Waals surface area contributed by atoms with Gasteiger partial charge in [-0.2, -0.15) is 0 Å². The summed E-state index contributed by atoms with van der Waals surface area (Å²) in [7, 11) is 1.57. The Morgan fingerprint density at radius 2 is 2.12 bits per heavy atom. The molecule has 0 fully saturated rings. The zero-order valence-electron chi connectivity index (χ0n) is 18.3. The van der Waals surface area contributed by atoms with Crippen LogP contribution in [0, 0.1) is 6.92 Å². The minimum Gasteiger partial charge on any atom is -0.477 e. The lowest BCUT2D eigenvalue weighted by molar-refractivity contribution is -0.144. The molecule has 8 heteroatoms. The average Bonchev–Trinajstić information content (AvgIpc) is 3.30. The van der Waals surface area contributed by atoms with Gasteiger partial charge in [0.05, 0.1) is 12.2 Å². The van der Waals surface area contributed by atoms with Gasteiger partial charge in [0.1, 0.15) is 24.7 Å². The first-order valence-corrected chi connectivity index (χ1v) is 11.5. The molecule has 2 aromatic heterocycles. The van der Waals surface area contributed by atoms with Crippen molar-refractivity contribution in [3.8, 4) is 5.75 Å². The van der Waals surface area contributed by atoms with Crippen LogP contribution in [0.2, 0.25) is 0 Å². The molecule has 0 radical (unpaired) electrons. The van der Waals surface area contributed by atoms with E-state index in [-0.39, 0.29) is 24.6 Å². The second-order valence-corrected chi connectivity index (χ2v) is 8.87. The number of carbonyl (C=O) groups is 1. The summed E-state index contributed by atoms with van der Waals surface area (Å²) in [5, 5.41) is 2.95. The average molecular weight is 458 g/mol. The number of ether oxygens (including phenoxy) is 3. The molecule has 1 aromatic carbocycles. The highest BCUT2D eigenvalue weighted by Gasteiger charge is 2.25. The molecule has 4 rings (SSSR count). The number of esters is 1. The molecule has 0 bridgehead atoms. The summed E-state index contributed by atoms with van der Waals surface area (Å²) in [6.07, 6.45) is 1.66. The van der Waals surface area contributed by atoms with E-state index in [1.807, 2.05) is 13.0 Å². The summed E-state index contributed by atoms with van der Waals surface area (Å²) >= 11 is 1.74. The van der Waals surface area contributed by atoms with Crippen LogP contribution in [0.25, 0.3) is 11.0 Å². The van der Waals surface area contributed by atoms with Crippen LogP contribution in [0.3, 0.4) is 0 Å². The zero-order chi connectivity index (χ0) is 22.5. The Morgan fingerprint density at radius 3 is 2.91 bits per heavy atom. The smallest absolute Gasteiger partial charge is 0.336 e. The van der Waals surface area contributed by atoms with Crippen LogP contribution < -0.4 is 10.4 Å². The standard InChI is InChI=1S/C24H27NO6S/c1-16-12-22(27)31-24-19(16)13-17(5-6-21(26)29-10-9-28-2)23-20(24)14-25(15-30-23)8-7-18-4-3-11-32-18/h3-4,11-13H,5-10,14-15H2,1-2H3. The second-order valence-electron chi connectivity index (χ2n) is 7.84. The van der Waals surface area contributed by atoms with Crippen molar-refractivity contribution in [3.05, 3.63) is 61.6 Å². The number of hydrogen-bond donors (Lipinski definition) is 0. The first kappa shape index (κ1) is 22.5. The maximum Gasteiger partial charge on any atom is 0.336 e. The molecule has 0 spiro atoms. The molecule has 0 unspecified atom stereocenters. The molecule has 32 heavy (non-hydrogen) atoms. The fourth-order valence-corrected chi connectivity index (χ4v) is 4.61. The van der Waals surface area contributed by atoms with Gasteiger partial charge in [0.25, 0.3) is 0 Å². The molecule has 0 amide bonds. The Bertz CT molecular complexity index is 1140. The predicted molar refractivity (Wildman–Crippen MR) is 122 cm³/mol. The topological polar surface area (TPSA) is 78.2 Å². The van der Waals surface area contributed by atoms with E-state index in [1.165, 1.54) is 10.9 Å². The number of thiophene rings is 1. The van der Waals surface area contributed by atoms with Gasteiger partial charge in [-0.3, -0.25) is 9.69 Å². The third-order valence-corrected chi connectivity index (χ3v) is 6.48. The molecule has 0 N–H and O–H groups in total. The first-order valence-electron chi connectivity index (χ1n) is 10.7. The van der Waals surface area contributed by atoms with Crippen molar-refractivity contribution in [2.75, 3.05) is 33.6 Å². The Labute approximate surface area is 190 Å². The van der Waals surface area contributed by atoms with Crippen LogP contribution in [0.1, 0.15) is 28.0 Å². The maximum atomic E-state index is 12.1. The highest BCUT2D eigenvalue weighted by molar-refractivity contribution is 7.09. The van der Waals surface area contributed by atoms with Crippen LogP contribution in [-0.4, -0.2) is 44.5 Å². The minimum atomic E-state index is -0.373. The lowest BCUT2D eigenvalue weighted by Gasteiger charge is -2.30. The Hall–Kier alpha value is -2.68. The second kappa shape index (κ2) is 10.3. The molecule has 7 nitrogen and oxygen atoms in total. The van der Waals surface area contributed by atoms with Gasteiger partial charge >= 0.3 is 11.6 Å². The summed E-state index contributed by atoms with van der Waals surface area (Å²) < 4.78 is 21.9. The maximum absolute atomic E-state index is 12.1. The van der Waals surface area contributed by atoms with Crippen molar-refractivity contribution >= 4 is 28.3 Å². The normalized spacial score (nSPS) is 13.7. The van der Waals surface area contributed by atoms with Crippen LogP contribution in [-0.2, 0) is 33.7 Å². The van der Waals surface area contributed by atoms with Crippen LogP contribution in [0.5, 0.6) is 5.75 Å². The third-order valence-electron chi connectivity index (χ3n) is 5.54. The summed E-state index contributed by atoms with van der Waals surface area (Å²) in [4.78, 5) is 27.7. The summed E-state index contributed by atoms with van der Waals surface area (Å²) in [6, 6.07) is 7.65. The van der Waals surface area contributed by atoms with E-state index in [0.717, 1.165) is 35.0 Å². The van der Waals surface area contributed by atoms with Crippen LogP contribution in [0.15, 0.2) is 38.9 Å². The fraction of sp³-hybridized carbons (Fsp3) is 0.417. The molecule has 170 valence electrons. The quantitative estimate of drug-likeness (QED) is 0.276. The summed E-state index contributed by atoms with van der Waals surface area (Å²) in [5.41, 5.74) is 2.83. The van der Waals surface area contributed by atoms with Crippen LogP contribution >= 0.6 is 11.3 Å². The van der Waals surface area contributed by atoms with Crippen molar-refractivity contribution in [2.45, 2.75) is 32.7 Å². The number of carbonyl (C=O) groups excluding carboxylic acids is 1. The number of fused-ring (bicyclic) bond motifs is 3. The number of aryl methyl sites for hydroxylation is 2. The Morgan fingerprint density at radius 1 is 1.25 bits per heavy atom. The zero-order valence-corrected chi connectivity index (χ0v) is 19.2. The fourth-order valence-electron chi connectivity index (χ4n) is 3.91. The van der Waals surface area contributed by atoms with E-state index in [1.54, 1.807) is 18.4 Å². The minimum absolute atomic E-state index is 0.239. The molecular formula is C24H27NO6S. The van der Waals surface area contributed by atoms with Crippen molar-refractivity contribution in [3.63, 3.8) is 0 Å². The lowest BCUT2D eigenvalue weighted by atomic mass is 9.97. The Kier molecular flexibility index (Phi) is 7.24. The molecule has 0 atom stereocenters. The summed E-state index contributed by atoms with van der Waals surface area (Å²) in [6.45, 7) is 4.42. The molecule has 1 aliphatic heterocycles. The molecular weight excluding hydrogens is 430 g/mol.